The number of nitriles is 1. The van der Waals surface area contributed by atoms with Crippen molar-refractivity contribution in [3.8, 4) is 6.07 Å². The summed E-state index contributed by atoms with van der Waals surface area (Å²) >= 11 is 0. The second kappa shape index (κ2) is 7.73. The highest BCUT2D eigenvalue weighted by Crippen LogP contribution is 2.20. The largest absolute Gasteiger partial charge is 0.367 e. The summed E-state index contributed by atoms with van der Waals surface area (Å²) in [6, 6.07) is 2.27. The molecule has 0 aliphatic carbocycles. The average molecular weight is 260 g/mol. The van der Waals surface area contributed by atoms with Gasteiger partial charge in [0.25, 0.3) is 0 Å². The molecular formula is C15H24N4. The van der Waals surface area contributed by atoms with E-state index in [1.54, 1.807) is 0 Å². The van der Waals surface area contributed by atoms with Gasteiger partial charge in [-0.1, -0.05) is 27.7 Å². The summed E-state index contributed by atoms with van der Waals surface area (Å²) in [6.45, 7) is 9.37. The third-order valence-electron chi connectivity index (χ3n) is 3.21. The van der Waals surface area contributed by atoms with Crippen LogP contribution in [-0.2, 0) is 12.8 Å². The fourth-order valence-electron chi connectivity index (χ4n) is 2.13. The van der Waals surface area contributed by atoms with Crippen molar-refractivity contribution < 1.29 is 0 Å². The normalized spacial score (nSPS) is 10.5. The van der Waals surface area contributed by atoms with Crippen molar-refractivity contribution >= 4 is 5.82 Å². The highest BCUT2D eigenvalue weighted by molar-refractivity contribution is 5.56. The van der Waals surface area contributed by atoms with Gasteiger partial charge in [0.2, 0.25) is 0 Å². The zero-order chi connectivity index (χ0) is 14.3. The Bertz CT molecular complexity index is 446. The van der Waals surface area contributed by atoms with Crippen LogP contribution in [0.25, 0.3) is 0 Å². The molecule has 0 fully saturated rings. The van der Waals surface area contributed by atoms with Crippen LogP contribution in [0.1, 0.15) is 57.4 Å². The molecule has 0 aliphatic rings. The van der Waals surface area contributed by atoms with Gasteiger partial charge in [0.05, 0.1) is 5.69 Å². The maximum absolute atomic E-state index is 9.34. The van der Waals surface area contributed by atoms with E-state index in [-0.39, 0.29) is 0 Å². The number of nitrogens with zero attached hydrogens (tertiary/aromatic N) is 3. The minimum Gasteiger partial charge on any atom is -0.367 e. The van der Waals surface area contributed by atoms with Gasteiger partial charge in [-0.2, -0.15) is 10.4 Å². The van der Waals surface area contributed by atoms with Gasteiger partial charge in [-0.3, -0.25) is 0 Å². The molecule has 4 heteroatoms. The van der Waals surface area contributed by atoms with Crippen molar-refractivity contribution in [2.45, 2.75) is 53.4 Å². The molecule has 0 aliphatic heterocycles. The van der Waals surface area contributed by atoms with Gasteiger partial charge in [-0.25, -0.2) is 0 Å². The number of anilines is 1. The molecular weight excluding hydrogens is 236 g/mol. The monoisotopic (exact) mass is 260 g/mol. The first-order valence-electron chi connectivity index (χ1n) is 7.16. The highest BCUT2D eigenvalue weighted by atomic mass is 15.2. The molecule has 104 valence electrons. The molecule has 1 rings (SSSR count). The number of aromatic nitrogens is 2. The molecule has 0 radical (unpaired) electrons. The van der Waals surface area contributed by atoms with Gasteiger partial charge in [0.1, 0.15) is 11.6 Å². The Morgan fingerprint density at radius 1 is 1.21 bits per heavy atom. The van der Waals surface area contributed by atoms with E-state index in [4.69, 9.17) is 0 Å². The number of nitrogens with one attached hydrogen (secondary N) is 1. The summed E-state index contributed by atoms with van der Waals surface area (Å²) in [5.74, 6) is 1.34. The van der Waals surface area contributed by atoms with E-state index >= 15 is 0 Å². The second-order valence-corrected chi connectivity index (χ2v) is 5.13. The Balaban J connectivity index is 2.81. The van der Waals surface area contributed by atoms with Crippen molar-refractivity contribution in [3.63, 3.8) is 0 Å². The van der Waals surface area contributed by atoms with E-state index in [1.807, 2.05) is 6.92 Å². The van der Waals surface area contributed by atoms with Crippen molar-refractivity contribution in [2.24, 2.45) is 5.92 Å². The third kappa shape index (κ3) is 4.20. The Morgan fingerprint density at radius 2 is 1.95 bits per heavy atom. The Labute approximate surface area is 116 Å². The van der Waals surface area contributed by atoms with E-state index in [0.717, 1.165) is 37.1 Å². The molecule has 0 unspecified atom stereocenters. The Hall–Kier alpha value is -1.63. The van der Waals surface area contributed by atoms with Crippen LogP contribution in [0.3, 0.4) is 0 Å². The Kier molecular flexibility index (Phi) is 6.27. The highest BCUT2D eigenvalue weighted by Gasteiger charge is 2.13. The smallest absolute Gasteiger partial charge is 0.166 e. The second-order valence-electron chi connectivity index (χ2n) is 5.13. The van der Waals surface area contributed by atoms with E-state index in [2.05, 4.69) is 42.4 Å². The van der Waals surface area contributed by atoms with Crippen LogP contribution in [0.2, 0.25) is 0 Å². The van der Waals surface area contributed by atoms with Crippen LogP contribution < -0.4 is 5.32 Å². The van der Waals surface area contributed by atoms with Gasteiger partial charge >= 0.3 is 0 Å². The summed E-state index contributed by atoms with van der Waals surface area (Å²) in [5.41, 5.74) is 2.64. The maximum Gasteiger partial charge on any atom is 0.166 e. The van der Waals surface area contributed by atoms with Gasteiger partial charge in [-0.15, -0.1) is 5.10 Å². The molecule has 1 N–H and O–H groups in total. The number of rotatable bonds is 7. The van der Waals surface area contributed by atoms with Gasteiger partial charge in [0, 0.05) is 6.54 Å². The number of hydrogen-bond acceptors (Lipinski definition) is 4. The summed E-state index contributed by atoms with van der Waals surface area (Å²) in [6.07, 6.45) is 3.90. The zero-order valence-corrected chi connectivity index (χ0v) is 12.5. The number of aryl methyl sites for hydroxylation is 1. The van der Waals surface area contributed by atoms with Crippen LogP contribution >= 0.6 is 0 Å². The molecule has 19 heavy (non-hydrogen) atoms. The lowest BCUT2D eigenvalue weighted by Gasteiger charge is -2.12. The maximum atomic E-state index is 9.34. The van der Waals surface area contributed by atoms with Gasteiger partial charge < -0.3 is 5.32 Å². The van der Waals surface area contributed by atoms with E-state index in [1.165, 1.54) is 6.42 Å². The third-order valence-corrected chi connectivity index (χ3v) is 3.21. The van der Waals surface area contributed by atoms with Crippen LogP contribution in [0.5, 0.6) is 0 Å². The minimum absolute atomic E-state index is 0.639. The average Bonchev–Trinajstić information content (AvgIpc) is 2.42. The lowest BCUT2D eigenvalue weighted by atomic mass is 10.0. The Morgan fingerprint density at radius 3 is 2.47 bits per heavy atom. The standard InChI is InChI=1S/C15H24N4/c1-5-12-13(10-16)15(19-18-14(12)6-2)17-9-7-8-11(3)4/h11H,5-9H2,1-4H3,(H,17,19). The SMILES string of the molecule is CCc1nnc(NCCCC(C)C)c(C#N)c1CC. The first-order chi connectivity index (χ1) is 9.13. The molecule has 0 aromatic carbocycles. The predicted molar refractivity (Wildman–Crippen MR) is 78.1 cm³/mol. The number of hydrogen-bond donors (Lipinski definition) is 1. The summed E-state index contributed by atoms with van der Waals surface area (Å²) in [7, 11) is 0. The van der Waals surface area contributed by atoms with Crippen molar-refractivity contribution in [1.82, 2.24) is 10.2 Å². The van der Waals surface area contributed by atoms with Crippen molar-refractivity contribution in [3.05, 3.63) is 16.8 Å². The lowest BCUT2D eigenvalue weighted by molar-refractivity contribution is 0.566. The first kappa shape index (κ1) is 15.4. The first-order valence-corrected chi connectivity index (χ1v) is 7.16. The van der Waals surface area contributed by atoms with Crippen LogP contribution in [-0.4, -0.2) is 16.7 Å². The van der Waals surface area contributed by atoms with Crippen LogP contribution in [0.4, 0.5) is 5.82 Å². The predicted octanol–water partition coefficient (Wildman–Crippen LogP) is 3.32. The van der Waals surface area contributed by atoms with E-state index in [0.29, 0.717) is 17.3 Å². The fourth-order valence-corrected chi connectivity index (χ4v) is 2.13. The fraction of sp³-hybridized carbons (Fsp3) is 0.667. The van der Waals surface area contributed by atoms with Gasteiger partial charge in [-0.05, 0) is 37.2 Å². The summed E-state index contributed by atoms with van der Waals surface area (Å²) in [4.78, 5) is 0. The van der Waals surface area contributed by atoms with E-state index in [9.17, 15) is 5.26 Å². The van der Waals surface area contributed by atoms with Crippen LogP contribution in [0, 0.1) is 17.2 Å². The molecule has 1 heterocycles. The molecule has 1 aromatic heterocycles. The quantitative estimate of drug-likeness (QED) is 0.764. The topological polar surface area (TPSA) is 61.6 Å². The lowest BCUT2D eigenvalue weighted by Crippen LogP contribution is -2.11. The molecule has 0 saturated heterocycles. The molecule has 0 spiro atoms. The molecule has 0 atom stereocenters. The molecule has 0 bridgehead atoms. The summed E-state index contributed by atoms with van der Waals surface area (Å²) < 4.78 is 0. The zero-order valence-electron chi connectivity index (χ0n) is 12.5. The van der Waals surface area contributed by atoms with Crippen LogP contribution in [0.15, 0.2) is 0 Å². The van der Waals surface area contributed by atoms with Crippen molar-refractivity contribution in [2.75, 3.05) is 11.9 Å². The minimum atomic E-state index is 0.639. The molecule has 0 amide bonds. The van der Waals surface area contributed by atoms with Gasteiger partial charge in [0.15, 0.2) is 5.82 Å². The summed E-state index contributed by atoms with van der Waals surface area (Å²) in [5, 5.41) is 21.0. The molecule has 1 aromatic rings. The van der Waals surface area contributed by atoms with Crippen molar-refractivity contribution in [1.29, 1.82) is 5.26 Å². The van der Waals surface area contributed by atoms with E-state index < -0.39 is 0 Å². The molecule has 0 saturated carbocycles. The molecule has 4 nitrogen and oxygen atoms in total.